The number of aryl methyl sites for hydroxylation is 1. The van der Waals surface area contributed by atoms with Crippen molar-refractivity contribution >= 4 is 11.7 Å². The van der Waals surface area contributed by atoms with Crippen molar-refractivity contribution in [2.75, 3.05) is 25.0 Å². The summed E-state index contributed by atoms with van der Waals surface area (Å²) in [6.45, 7) is 3.56. The fourth-order valence-corrected chi connectivity index (χ4v) is 3.27. The Kier molecular flexibility index (Phi) is 5.21. The van der Waals surface area contributed by atoms with Crippen LogP contribution in [0.4, 0.5) is 10.2 Å². The lowest BCUT2D eigenvalue weighted by molar-refractivity contribution is 0.0957. The third-order valence-corrected chi connectivity index (χ3v) is 4.40. The lowest BCUT2D eigenvalue weighted by Gasteiger charge is -2.33. The lowest BCUT2D eigenvalue weighted by Crippen LogP contribution is -2.37. The van der Waals surface area contributed by atoms with Crippen LogP contribution in [0.25, 0.3) is 0 Å². The molecule has 1 amide bonds. The monoisotopic (exact) mass is 343 g/mol. The van der Waals surface area contributed by atoms with Gasteiger partial charge in [0.05, 0.1) is 6.20 Å². The number of amides is 1. The molecular weight excluding hydrogens is 321 g/mol. The Morgan fingerprint density at radius 1 is 1.40 bits per heavy atom. The van der Waals surface area contributed by atoms with E-state index in [4.69, 9.17) is 0 Å². The zero-order chi connectivity index (χ0) is 17.8. The molecule has 0 aliphatic carbocycles. The minimum Gasteiger partial charge on any atom is -0.356 e. The zero-order valence-corrected chi connectivity index (χ0v) is 14.5. The Labute approximate surface area is 146 Å². The first-order valence-electron chi connectivity index (χ1n) is 8.48. The summed E-state index contributed by atoms with van der Waals surface area (Å²) in [6, 6.07) is 4.92. The molecule has 0 aromatic carbocycles. The van der Waals surface area contributed by atoms with E-state index in [1.807, 2.05) is 0 Å². The van der Waals surface area contributed by atoms with Crippen molar-refractivity contribution < 1.29 is 9.18 Å². The number of carbonyl (C=O) groups excluding carboxylic acids is 1. The van der Waals surface area contributed by atoms with Crippen LogP contribution in [0, 0.1) is 18.7 Å². The van der Waals surface area contributed by atoms with Crippen LogP contribution in [0.3, 0.4) is 0 Å². The molecule has 1 N–H and O–H groups in total. The van der Waals surface area contributed by atoms with Gasteiger partial charge in [-0.2, -0.15) is 0 Å². The number of hydrogen-bond acceptors (Lipinski definition) is 5. The molecule has 1 aliphatic rings. The number of rotatable bonds is 4. The molecule has 0 saturated carbocycles. The number of anilines is 1. The van der Waals surface area contributed by atoms with Crippen LogP contribution in [0.15, 0.2) is 24.4 Å². The van der Waals surface area contributed by atoms with Crippen LogP contribution in [0.2, 0.25) is 0 Å². The molecule has 2 aromatic heterocycles. The molecule has 2 aromatic rings. The minimum absolute atomic E-state index is 0.201. The van der Waals surface area contributed by atoms with E-state index < -0.39 is 0 Å². The zero-order valence-electron chi connectivity index (χ0n) is 14.5. The van der Waals surface area contributed by atoms with Crippen molar-refractivity contribution in [3.63, 3.8) is 0 Å². The maximum absolute atomic E-state index is 13.1. The maximum Gasteiger partial charge on any atom is 0.269 e. The smallest absolute Gasteiger partial charge is 0.269 e. The highest BCUT2D eigenvalue weighted by Gasteiger charge is 2.22. The Bertz CT molecular complexity index is 750. The summed E-state index contributed by atoms with van der Waals surface area (Å²) in [7, 11) is 1.59. The summed E-state index contributed by atoms with van der Waals surface area (Å²) < 4.78 is 13.1. The van der Waals surface area contributed by atoms with Gasteiger partial charge in [0.1, 0.15) is 23.2 Å². The summed E-state index contributed by atoms with van der Waals surface area (Å²) in [6.07, 6.45) is 4.18. The van der Waals surface area contributed by atoms with Gasteiger partial charge in [-0.25, -0.2) is 19.3 Å². The van der Waals surface area contributed by atoms with Crippen molar-refractivity contribution in [3.05, 3.63) is 47.4 Å². The molecule has 1 aliphatic heterocycles. The lowest BCUT2D eigenvalue weighted by atomic mass is 9.93. The largest absolute Gasteiger partial charge is 0.356 e. The summed E-state index contributed by atoms with van der Waals surface area (Å²) >= 11 is 0. The minimum atomic E-state index is -0.324. The van der Waals surface area contributed by atoms with E-state index in [1.54, 1.807) is 26.1 Å². The normalized spacial score (nSPS) is 17.4. The van der Waals surface area contributed by atoms with E-state index in [2.05, 4.69) is 25.2 Å². The summed E-state index contributed by atoms with van der Waals surface area (Å²) in [5, 5.41) is 2.60. The first-order chi connectivity index (χ1) is 12.0. The van der Waals surface area contributed by atoms with Gasteiger partial charge in [0.15, 0.2) is 0 Å². The molecule has 0 spiro atoms. The fourth-order valence-electron chi connectivity index (χ4n) is 3.27. The Morgan fingerprint density at radius 3 is 2.96 bits per heavy atom. The molecule has 0 bridgehead atoms. The molecule has 1 atom stereocenters. The number of nitrogens with zero attached hydrogens (tertiary/aromatic N) is 4. The number of nitrogens with one attached hydrogen (secondary N) is 1. The number of carbonyl (C=O) groups is 1. The van der Waals surface area contributed by atoms with Gasteiger partial charge in [0.2, 0.25) is 0 Å². The van der Waals surface area contributed by atoms with Gasteiger partial charge in [-0.05, 0) is 50.3 Å². The van der Waals surface area contributed by atoms with E-state index in [-0.39, 0.29) is 11.7 Å². The van der Waals surface area contributed by atoms with E-state index in [0.29, 0.717) is 17.4 Å². The first-order valence-corrected chi connectivity index (χ1v) is 8.48. The average molecular weight is 343 g/mol. The van der Waals surface area contributed by atoms with Crippen molar-refractivity contribution in [1.82, 2.24) is 20.3 Å². The predicted octanol–water partition coefficient (Wildman–Crippen LogP) is 2.14. The summed E-state index contributed by atoms with van der Waals surface area (Å²) in [5.74, 6) is 1.29. The SMILES string of the molecule is CNC(=O)c1cc(C[C@H]2CCCN(c3ccc(F)cn3)C2)nc(C)n1. The van der Waals surface area contributed by atoms with Crippen LogP contribution in [-0.4, -0.2) is 41.0 Å². The quantitative estimate of drug-likeness (QED) is 0.921. The molecule has 0 radical (unpaired) electrons. The number of halogens is 1. The highest BCUT2D eigenvalue weighted by molar-refractivity contribution is 5.92. The highest BCUT2D eigenvalue weighted by atomic mass is 19.1. The fraction of sp³-hybridized carbons (Fsp3) is 0.444. The molecule has 3 heterocycles. The molecule has 132 valence electrons. The average Bonchev–Trinajstić information content (AvgIpc) is 2.61. The second-order valence-corrected chi connectivity index (χ2v) is 6.36. The topological polar surface area (TPSA) is 71.0 Å². The summed E-state index contributed by atoms with van der Waals surface area (Å²) in [4.78, 5) is 26.9. The van der Waals surface area contributed by atoms with Crippen LogP contribution in [-0.2, 0) is 6.42 Å². The number of piperidine rings is 1. The second-order valence-electron chi connectivity index (χ2n) is 6.36. The van der Waals surface area contributed by atoms with E-state index in [9.17, 15) is 9.18 Å². The van der Waals surface area contributed by atoms with E-state index in [0.717, 1.165) is 43.9 Å². The van der Waals surface area contributed by atoms with Gasteiger partial charge < -0.3 is 10.2 Å². The van der Waals surface area contributed by atoms with Crippen molar-refractivity contribution in [3.8, 4) is 0 Å². The van der Waals surface area contributed by atoms with Crippen LogP contribution in [0.5, 0.6) is 0 Å². The second kappa shape index (κ2) is 7.55. The Morgan fingerprint density at radius 2 is 2.24 bits per heavy atom. The van der Waals surface area contributed by atoms with Crippen molar-refractivity contribution in [1.29, 1.82) is 0 Å². The summed E-state index contributed by atoms with van der Waals surface area (Å²) in [5.41, 5.74) is 1.28. The standard InChI is InChI=1S/C18H22FN5O/c1-12-22-15(9-16(23-12)18(25)20-2)8-13-4-3-7-24(11-13)17-6-5-14(19)10-21-17/h5-6,9-10,13H,3-4,7-8,11H2,1-2H3,(H,20,25)/t13-/m1/s1. The third kappa shape index (κ3) is 4.29. The predicted molar refractivity (Wildman–Crippen MR) is 93.0 cm³/mol. The molecule has 7 heteroatoms. The van der Waals surface area contributed by atoms with Crippen LogP contribution in [0.1, 0.15) is 34.8 Å². The molecule has 6 nitrogen and oxygen atoms in total. The van der Waals surface area contributed by atoms with Gasteiger partial charge in [-0.3, -0.25) is 4.79 Å². The molecule has 3 rings (SSSR count). The maximum atomic E-state index is 13.1. The molecule has 0 unspecified atom stereocenters. The third-order valence-electron chi connectivity index (χ3n) is 4.40. The van der Waals surface area contributed by atoms with Gasteiger partial charge >= 0.3 is 0 Å². The molecule has 1 saturated heterocycles. The van der Waals surface area contributed by atoms with Crippen LogP contribution < -0.4 is 10.2 Å². The Balaban J connectivity index is 1.71. The van der Waals surface area contributed by atoms with E-state index in [1.165, 1.54) is 12.3 Å². The van der Waals surface area contributed by atoms with Gasteiger partial charge in [-0.15, -0.1) is 0 Å². The first kappa shape index (κ1) is 17.3. The van der Waals surface area contributed by atoms with Crippen molar-refractivity contribution in [2.45, 2.75) is 26.2 Å². The highest BCUT2D eigenvalue weighted by Crippen LogP contribution is 2.24. The van der Waals surface area contributed by atoms with Crippen molar-refractivity contribution in [2.24, 2.45) is 5.92 Å². The van der Waals surface area contributed by atoms with Gasteiger partial charge in [0, 0.05) is 25.8 Å². The molecule has 25 heavy (non-hydrogen) atoms. The van der Waals surface area contributed by atoms with Crippen LogP contribution >= 0.6 is 0 Å². The number of hydrogen-bond donors (Lipinski definition) is 1. The Hall–Kier alpha value is -2.57. The molecule has 1 fully saturated rings. The number of pyridine rings is 1. The van der Waals surface area contributed by atoms with Gasteiger partial charge in [-0.1, -0.05) is 0 Å². The number of aromatic nitrogens is 3. The van der Waals surface area contributed by atoms with E-state index >= 15 is 0 Å². The van der Waals surface area contributed by atoms with Gasteiger partial charge in [0.25, 0.3) is 5.91 Å². The molecular formula is C18H22FN5O.